The molecule has 0 aliphatic heterocycles. The maximum atomic E-state index is 13.2. The first kappa shape index (κ1) is 13.3. The molecule has 0 saturated heterocycles. The van der Waals surface area contributed by atoms with Crippen LogP contribution in [0.15, 0.2) is 52.9 Å². The first-order valence-electron chi connectivity index (χ1n) is 6.59. The highest BCUT2D eigenvalue weighted by Crippen LogP contribution is 2.26. The van der Waals surface area contributed by atoms with Crippen molar-refractivity contribution in [2.45, 2.75) is 6.92 Å². The number of aromatic nitrogens is 2. The van der Waals surface area contributed by atoms with Gasteiger partial charge in [0.05, 0.1) is 6.61 Å². The van der Waals surface area contributed by atoms with E-state index in [0.29, 0.717) is 18.1 Å². The zero-order chi connectivity index (χ0) is 14.7. The van der Waals surface area contributed by atoms with Gasteiger partial charge in [-0.05, 0) is 43.3 Å². The molecule has 0 radical (unpaired) electrons. The van der Waals surface area contributed by atoms with Crippen molar-refractivity contribution in [3.63, 3.8) is 0 Å². The van der Waals surface area contributed by atoms with Crippen LogP contribution in [0, 0.1) is 5.82 Å². The van der Waals surface area contributed by atoms with E-state index in [4.69, 9.17) is 9.15 Å². The van der Waals surface area contributed by atoms with Crippen molar-refractivity contribution in [3.8, 4) is 28.7 Å². The highest BCUT2D eigenvalue weighted by molar-refractivity contribution is 5.59. The molecule has 0 bridgehead atoms. The summed E-state index contributed by atoms with van der Waals surface area (Å²) in [7, 11) is 0. The zero-order valence-corrected chi connectivity index (χ0v) is 11.4. The molecule has 21 heavy (non-hydrogen) atoms. The van der Waals surface area contributed by atoms with Gasteiger partial charge in [-0.2, -0.15) is 0 Å². The SMILES string of the molecule is CCOc1cccc(-c2nnc(-c3cccc(F)c3)o2)c1. The summed E-state index contributed by atoms with van der Waals surface area (Å²) in [6, 6.07) is 13.4. The maximum Gasteiger partial charge on any atom is 0.248 e. The van der Waals surface area contributed by atoms with Gasteiger partial charge in [0.25, 0.3) is 0 Å². The average Bonchev–Trinajstić information content (AvgIpc) is 2.98. The average molecular weight is 284 g/mol. The van der Waals surface area contributed by atoms with E-state index in [1.54, 1.807) is 12.1 Å². The summed E-state index contributed by atoms with van der Waals surface area (Å²) in [4.78, 5) is 0. The second-order valence-electron chi connectivity index (χ2n) is 4.38. The molecule has 106 valence electrons. The molecule has 2 aromatic carbocycles. The van der Waals surface area contributed by atoms with Crippen LogP contribution in [0.1, 0.15) is 6.92 Å². The summed E-state index contributed by atoms with van der Waals surface area (Å²) in [6.45, 7) is 2.50. The molecule has 0 aliphatic carbocycles. The van der Waals surface area contributed by atoms with E-state index in [0.717, 1.165) is 11.3 Å². The monoisotopic (exact) mass is 284 g/mol. The molecule has 0 aliphatic rings. The Morgan fingerprint density at radius 1 is 1.00 bits per heavy atom. The molecule has 0 fully saturated rings. The van der Waals surface area contributed by atoms with Crippen molar-refractivity contribution in [3.05, 3.63) is 54.3 Å². The van der Waals surface area contributed by atoms with Crippen LogP contribution in [0.25, 0.3) is 22.9 Å². The fraction of sp³-hybridized carbons (Fsp3) is 0.125. The van der Waals surface area contributed by atoms with E-state index in [-0.39, 0.29) is 11.7 Å². The fourth-order valence-electron chi connectivity index (χ4n) is 1.96. The molecule has 0 N–H and O–H groups in total. The van der Waals surface area contributed by atoms with Crippen molar-refractivity contribution in [2.24, 2.45) is 0 Å². The lowest BCUT2D eigenvalue weighted by atomic mass is 10.2. The quantitative estimate of drug-likeness (QED) is 0.728. The van der Waals surface area contributed by atoms with Crippen LogP contribution in [-0.4, -0.2) is 16.8 Å². The van der Waals surface area contributed by atoms with Crippen molar-refractivity contribution >= 4 is 0 Å². The lowest BCUT2D eigenvalue weighted by Crippen LogP contribution is -1.91. The van der Waals surface area contributed by atoms with Gasteiger partial charge >= 0.3 is 0 Å². The first-order valence-corrected chi connectivity index (χ1v) is 6.59. The maximum absolute atomic E-state index is 13.2. The van der Waals surface area contributed by atoms with Gasteiger partial charge in [-0.25, -0.2) is 4.39 Å². The van der Waals surface area contributed by atoms with Crippen molar-refractivity contribution in [2.75, 3.05) is 6.61 Å². The lowest BCUT2D eigenvalue weighted by Gasteiger charge is -2.03. The van der Waals surface area contributed by atoms with Gasteiger partial charge in [-0.3, -0.25) is 0 Å². The van der Waals surface area contributed by atoms with Gasteiger partial charge in [-0.1, -0.05) is 12.1 Å². The number of rotatable bonds is 4. The number of benzene rings is 2. The van der Waals surface area contributed by atoms with E-state index >= 15 is 0 Å². The number of nitrogens with zero attached hydrogens (tertiary/aromatic N) is 2. The Hall–Kier alpha value is -2.69. The Balaban J connectivity index is 1.93. The second kappa shape index (κ2) is 5.75. The molecule has 4 nitrogen and oxygen atoms in total. The summed E-state index contributed by atoms with van der Waals surface area (Å²) in [5.74, 6) is 1.05. The highest BCUT2D eigenvalue weighted by atomic mass is 19.1. The number of halogens is 1. The summed E-state index contributed by atoms with van der Waals surface area (Å²) in [5, 5.41) is 7.95. The van der Waals surface area contributed by atoms with Crippen LogP contribution >= 0.6 is 0 Å². The Labute approximate surface area is 121 Å². The number of hydrogen-bond donors (Lipinski definition) is 0. The summed E-state index contributed by atoms with van der Waals surface area (Å²) in [6.07, 6.45) is 0. The van der Waals surface area contributed by atoms with Gasteiger partial charge in [0.1, 0.15) is 11.6 Å². The van der Waals surface area contributed by atoms with E-state index in [1.165, 1.54) is 12.1 Å². The van der Waals surface area contributed by atoms with Crippen molar-refractivity contribution in [1.29, 1.82) is 0 Å². The van der Waals surface area contributed by atoms with Gasteiger partial charge in [-0.15, -0.1) is 10.2 Å². The van der Waals surface area contributed by atoms with Crippen molar-refractivity contribution < 1.29 is 13.5 Å². The molecule has 3 aromatic rings. The van der Waals surface area contributed by atoms with Crippen LogP contribution in [0.5, 0.6) is 5.75 Å². The van der Waals surface area contributed by atoms with Gasteiger partial charge in [0.15, 0.2) is 0 Å². The largest absolute Gasteiger partial charge is 0.494 e. The molecular formula is C16H13FN2O2. The molecule has 0 saturated carbocycles. The third-order valence-corrected chi connectivity index (χ3v) is 2.89. The van der Waals surface area contributed by atoms with E-state index in [1.807, 2.05) is 31.2 Å². The van der Waals surface area contributed by atoms with Crippen LogP contribution in [-0.2, 0) is 0 Å². The van der Waals surface area contributed by atoms with E-state index < -0.39 is 0 Å². The van der Waals surface area contributed by atoms with Gasteiger partial charge in [0.2, 0.25) is 11.8 Å². The number of hydrogen-bond acceptors (Lipinski definition) is 4. The van der Waals surface area contributed by atoms with Crippen LogP contribution in [0.4, 0.5) is 4.39 Å². The van der Waals surface area contributed by atoms with Gasteiger partial charge in [0, 0.05) is 11.1 Å². The molecule has 3 rings (SSSR count). The Bertz CT molecular complexity index is 755. The normalized spacial score (nSPS) is 10.6. The Kier molecular flexibility index (Phi) is 3.64. The molecule has 0 unspecified atom stereocenters. The highest BCUT2D eigenvalue weighted by Gasteiger charge is 2.11. The third kappa shape index (κ3) is 2.91. The van der Waals surface area contributed by atoms with E-state index in [2.05, 4.69) is 10.2 Å². The minimum Gasteiger partial charge on any atom is -0.494 e. The number of ether oxygens (including phenoxy) is 1. The molecule has 1 aromatic heterocycles. The molecular weight excluding hydrogens is 271 g/mol. The van der Waals surface area contributed by atoms with Crippen LogP contribution in [0.3, 0.4) is 0 Å². The topological polar surface area (TPSA) is 48.2 Å². The molecule has 5 heteroatoms. The second-order valence-corrected chi connectivity index (χ2v) is 4.38. The predicted molar refractivity (Wildman–Crippen MR) is 76.3 cm³/mol. The third-order valence-electron chi connectivity index (χ3n) is 2.89. The minimum absolute atomic E-state index is 0.284. The fourth-order valence-corrected chi connectivity index (χ4v) is 1.96. The van der Waals surface area contributed by atoms with Crippen molar-refractivity contribution in [1.82, 2.24) is 10.2 Å². The molecule has 0 atom stereocenters. The standard InChI is InChI=1S/C16H13FN2O2/c1-2-20-14-8-4-6-12(10-14)16-19-18-15(21-16)11-5-3-7-13(17)9-11/h3-10H,2H2,1H3. The minimum atomic E-state index is -0.342. The molecule has 0 amide bonds. The molecule has 0 spiro atoms. The zero-order valence-electron chi connectivity index (χ0n) is 11.4. The Morgan fingerprint density at radius 3 is 2.33 bits per heavy atom. The van der Waals surface area contributed by atoms with Gasteiger partial charge < -0.3 is 9.15 Å². The smallest absolute Gasteiger partial charge is 0.248 e. The van der Waals surface area contributed by atoms with Crippen LogP contribution in [0.2, 0.25) is 0 Å². The summed E-state index contributed by atoms with van der Waals surface area (Å²) in [5.41, 5.74) is 1.31. The molecule has 1 heterocycles. The van der Waals surface area contributed by atoms with Crippen LogP contribution < -0.4 is 4.74 Å². The Morgan fingerprint density at radius 2 is 1.67 bits per heavy atom. The lowest BCUT2D eigenvalue weighted by molar-refractivity contribution is 0.340. The van der Waals surface area contributed by atoms with E-state index in [9.17, 15) is 4.39 Å². The first-order chi connectivity index (χ1) is 10.3. The summed E-state index contributed by atoms with van der Waals surface area (Å²) < 4.78 is 24.2. The summed E-state index contributed by atoms with van der Waals surface area (Å²) >= 11 is 0. The predicted octanol–water partition coefficient (Wildman–Crippen LogP) is 3.94.